The van der Waals surface area contributed by atoms with E-state index < -0.39 is 0 Å². The number of nitrogens with zero attached hydrogens (tertiary/aromatic N) is 1. The fourth-order valence-electron chi connectivity index (χ4n) is 2.91. The van der Waals surface area contributed by atoms with Crippen LogP contribution in [0.25, 0.3) is 10.8 Å². The second-order valence-electron chi connectivity index (χ2n) is 6.82. The Morgan fingerprint density at radius 1 is 1.11 bits per heavy atom. The van der Waals surface area contributed by atoms with E-state index in [-0.39, 0.29) is 17.8 Å². The number of hydrogen-bond acceptors (Lipinski definition) is 4. The van der Waals surface area contributed by atoms with Crippen LogP contribution in [0.2, 0.25) is 0 Å². The summed E-state index contributed by atoms with van der Waals surface area (Å²) in [5, 5.41) is 16.0. The molecule has 1 amide bonds. The minimum Gasteiger partial charge on any atom is -0.507 e. The molecule has 0 aliphatic rings. The fraction of sp³-hybridized carbons (Fsp3) is 0.217. The van der Waals surface area contributed by atoms with Gasteiger partial charge in [0.15, 0.2) is 0 Å². The molecule has 0 aliphatic heterocycles. The van der Waals surface area contributed by atoms with Crippen molar-refractivity contribution in [2.24, 2.45) is 5.10 Å². The molecule has 2 N–H and O–H groups in total. The van der Waals surface area contributed by atoms with Crippen LogP contribution >= 0.6 is 0 Å². The SMILES string of the molecule is CC(C)Oc1ccc(CCC(=O)N/N=C/c2c(O)ccc3ccccc23)cc1. The highest BCUT2D eigenvalue weighted by atomic mass is 16.5. The lowest BCUT2D eigenvalue weighted by Gasteiger charge is -2.10. The Balaban J connectivity index is 1.55. The average molecular weight is 376 g/mol. The van der Waals surface area contributed by atoms with Crippen molar-refractivity contribution in [1.29, 1.82) is 0 Å². The lowest BCUT2D eigenvalue weighted by Crippen LogP contribution is -2.17. The Morgan fingerprint density at radius 2 is 1.86 bits per heavy atom. The summed E-state index contributed by atoms with van der Waals surface area (Å²) in [6.07, 6.45) is 2.55. The smallest absolute Gasteiger partial charge is 0.240 e. The third-order valence-electron chi connectivity index (χ3n) is 4.27. The van der Waals surface area contributed by atoms with Gasteiger partial charge in [0.1, 0.15) is 11.5 Å². The molecule has 0 saturated heterocycles. The molecule has 0 bridgehead atoms. The zero-order valence-electron chi connectivity index (χ0n) is 16.1. The lowest BCUT2D eigenvalue weighted by atomic mass is 10.0. The molecule has 0 radical (unpaired) electrons. The van der Waals surface area contributed by atoms with Gasteiger partial charge in [-0.25, -0.2) is 5.43 Å². The quantitative estimate of drug-likeness (QED) is 0.474. The highest BCUT2D eigenvalue weighted by molar-refractivity contribution is 6.02. The first-order valence-electron chi connectivity index (χ1n) is 9.31. The van der Waals surface area contributed by atoms with Crippen LogP contribution in [0.15, 0.2) is 65.8 Å². The molecule has 0 heterocycles. The van der Waals surface area contributed by atoms with E-state index >= 15 is 0 Å². The number of hydrazone groups is 1. The molecule has 0 aliphatic carbocycles. The van der Waals surface area contributed by atoms with Crippen molar-refractivity contribution in [2.75, 3.05) is 0 Å². The van der Waals surface area contributed by atoms with Crippen LogP contribution in [0.3, 0.4) is 0 Å². The van der Waals surface area contributed by atoms with Gasteiger partial charge in [-0.2, -0.15) is 5.10 Å². The van der Waals surface area contributed by atoms with Gasteiger partial charge in [-0.1, -0.05) is 42.5 Å². The molecule has 144 valence electrons. The van der Waals surface area contributed by atoms with Crippen molar-refractivity contribution in [2.45, 2.75) is 32.8 Å². The van der Waals surface area contributed by atoms with E-state index in [1.54, 1.807) is 6.07 Å². The monoisotopic (exact) mass is 376 g/mol. The minimum atomic E-state index is -0.182. The van der Waals surface area contributed by atoms with Crippen LogP contribution in [0.5, 0.6) is 11.5 Å². The summed E-state index contributed by atoms with van der Waals surface area (Å²) < 4.78 is 5.61. The molecule has 0 fully saturated rings. The molecule has 5 nitrogen and oxygen atoms in total. The maximum Gasteiger partial charge on any atom is 0.240 e. The third-order valence-corrected chi connectivity index (χ3v) is 4.27. The van der Waals surface area contributed by atoms with Crippen LogP contribution in [-0.4, -0.2) is 23.3 Å². The van der Waals surface area contributed by atoms with Gasteiger partial charge in [0.05, 0.1) is 12.3 Å². The predicted molar refractivity (Wildman–Crippen MR) is 112 cm³/mol. The Bertz CT molecular complexity index is 979. The first-order chi connectivity index (χ1) is 13.5. The lowest BCUT2D eigenvalue weighted by molar-refractivity contribution is -0.121. The number of ether oxygens (including phenoxy) is 1. The number of benzene rings is 3. The van der Waals surface area contributed by atoms with Gasteiger partial charge in [0, 0.05) is 12.0 Å². The Labute approximate surface area is 164 Å². The predicted octanol–water partition coefficient (Wildman–Crippen LogP) is 4.42. The number of aryl methyl sites for hydroxylation is 1. The second-order valence-corrected chi connectivity index (χ2v) is 6.82. The molecule has 5 heteroatoms. The molecule has 0 saturated carbocycles. The number of amides is 1. The van der Waals surface area contributed by atoms with E-state index in [1.807, 2.05) is 68.4 Å². The first-order valence-corrected chi connectivity index (χ1v) is 9.31. The minimum absolute atomic E-state index is 0.125. The number of fused-ring (bicyclic) bond motifs is 1. The number of nitrogens with one attached hydrogen (secondary N) is 1. The van der Waals surface area contributed by atoms with Crippen molar-refractivity contribution in [3.05, 3.63) is 71.8 Å². The fourth-order valence-corrected chi connectivity index (χ4v) is 2.91. The van der Waals surface area contributed by atoms with Gasteiger partial charge in [0.25, 0.3) is 0 Å². The molecule has 28 heavy (non-hydrogen) atoms. The zero-order chi connectivity index (χ0) is 19.9. The normalized spacial score (nSPS) is 11.2. The first kappa shape index (κ1) is 19.4. The second kappa shape index (κ2) is 9.04. The number of phenolic OH excluding ortho intramolecular Hbond substituents is 1. The van der Waals surface area contributed by atoms with Gasteiger partial charge >= 0.3 is 0 Å². The third kappa shape index (κ3) is 5.10. The molecule has 3 aromatic carbocycles. The summed E-state index contributed by atoms with van der Waals surface area (Å²) in [6, 6.07) is 18.9. The summed E-state index contributed by atoms with van der Waals surface area (Å²) in [4.78, 5) is 12.1. The molecule has 0 aromatic heterocycles. The molecule has 0 atom stereocenters. The van der Waals surface area contributed by atoms with Crippen LogP contribution in [0, 0.1) is 0 Å². The molecule has 0 unspecified atom stereocenters. The maximum absolute atomic E-state index is 12.1. The summed E-state index contributed by atoms with van der Waals surface area (Å²) >= 11 is 0. The van der Waals surface area contributed by atoms with Crippen molar-refractivity contribution >= 4 is 22.9 Å². The van der Waals surface area contributed by atoms with E-state index in [4.69, 9.17) is 4.74 Å². The number of phenols is 1. The highest BCUT2D eigenvalue weighted by Crippen LogP contribution is 2.25. The Kier molecular flexibility index (Phi) is 6.27. The zero-order valence-corrected chi connectivity index (χ0v) is 16.1. The summed E-state index contributed by atoms with van der Waals surface area (Å²) in [5.41, 5.74) is 4.17. The molecule has 3 aromatic rings. The maximum atomic E-state index is 12.1. The van der Waals surface area contributed by atoms with Gasteiger partial charge in [-0.05, 0) is 54.8 Å². The Morgan fingerprint density at radius 3 is 2.61 bits per heavy atom. The van der Waals surface area contributed by atoms with E-state index in [0.717, 1.165) is 22.1 Å². The van der Waals surface area contributed by atoms with Gasteiger partial charge in [0.2, 0.25) is 5.91 Å². The van der Waals surface area contributed by atoms with E-state index in [2.05, 4.69) is 10.5 Å². The van der Waals surface area contributed by atoms with Crippen molar-refractivity contribution in [3.8, 4) is 11.5 Å². The van der Waals surface area contributed by atoms with Crippen molar-refractivity contribution in [3.63, 3.8) is 0 Å². The Hall–Kier alpha value is -3.34. The van der Waals surface area contributed by atoms with Crippen molar-refractivity contribution < 1.29 is 14.6 Å². The topological polar surface area (TPSA) is 70.9 Å². The number of rotatable bonds is 7. The average Bonchev–Trinajstić information content (AvgIpc) is 2.69. The van der Waals surface area contributed by atoms with Gasteiger partial charge in [-0.3, -0.25) is 4.79 Å². The van der Waals surface area contributed by atoms with Crippen LogP contribution < -0.4 is 10.2 Å². The van der Waals surface area contributed by atoms with Crippen LogP contribution in [-0.2, 0) is 11.2 Å². The number of carbonyl (C=O) groups is 1. The van der Waals surface area contributed by atoms with Crippen LogP contribution in [0.4, 0.5) is 0 Å². The number of aromatic hydroxyl groups is 1. The van der Waals surface area contributed by atoms with Gasteiger partial charge in [-0.15, -0.1) is 0 Å². The summed E-state index contributed by atoms with van der Waals surface area (Å²) in [5.74, 6) is 0.765. The molecule has 0 spiro atoms. The molecular formula is C23H24N2O3. The highest BCUT2D eigenvalue weighted by Gasteiger charge is 2.05. The summed E-state index contributed by atoms with van der Waals surface area (Å²) in [6.45, 7) is 3.97. The number of carbonyl (C=O) groups excluding carboxylic acids is 1. The summed E-state index contributed by atoms with van der Waals surface area (Å²) in [7, 11) is 0. The van der Waals surface area contributed by atoms with Gasteiger partial charge < -0.3 is 9.84 Å². The van der Waals surface area contributed by atoms with E-state index in [9.17, 15) is 9.90 Å². The molecule has 3 rings (SSSR count). The standard InChI is InChI=1S/C23H24N2O3/c1-16(2)28-19-11-7-17(8-12-19)9-14-23(27)25-24-15-21-20-6-4-3-5-18(20)10-13-22(21)26/h3-8,10-13,15-16,26H,9,14H2,1-2H3,(H,25,27)/b24-15+. The largest absolute Gasteiger partial charge is 0.507 e. The van der Waals surface area contributed by atoms with E-state index in [1.165, 1.54) is 6.21 Å². The van der Waals surface area contributed by atoms with Crippen molar-refractivity contribution in [1.82, 2.24) is 5.43 Å². The van der Waals surface area contributed by atoms with Crippen LogP contribution in [0.1, 0.15) is 31.4 Å². The molecular weight excluding hydrogens is 352 g/mol. The van der Waals surface area contributed by atoms with E-state index in [0.29, 0.717) is 18.4 Å². The number of hydrogen-bond donors (Lipinski definition) is 2.